The zero-order chi connectivity index (χ0) is 15.1. The number of benzene rings is 2. The van der Waals surface area contributed by atoms with Crippen LogP contribution in [0.5, 0.6) is 5.75 Å². The van der Waals surface area contributed by atoms with Crippen LogP contribution < -0.4 is 0 Å². The molecule has 1 N–H and O–H groups in total. The first-order valence-electron chi connectivity index (χ1n) is 7.60. The highest BCUT2D eigenvalue weighted by Crippen LogP contribution is 2.20. The average molecular weight is 281 g/mol. The number of aryl methyl sites for hydroxylation is 1. The van der Waals surface area contributed by atoms with E-state index in [-0.39, 0.29) is 6.04 Å². The van der Waals surface area contributed by atoms with Crippen LogP contribution in [-0.4, -0.2) is 11.3 Å². The van der Waals surface area contributed by atoms with E-state index in [1.165, 1.54) is 24.0 Å². The van der Waals surface area contributed by atoms with Crippen LogP contribution in [0.15, 0.2) is 53.5 Å². The van der Waals surface area contributed by atoms with E-state index in [0.717, 1.165) is 12.0 Å². The van der Waals surface area contributed by atoms with Crippen molar-refractivity contribution in [1.29, 1.82) is 0 Å². The predicted molar refractivity (Wildman–Crippen MR) is 89.2 cm³/mol. The van der Waals surface area contributed by atoms with Gasteiger partial charge in [-0.2, -0.15) is 0 Å². The van der Waals surface area contributed by atoms with Gasteiger partial charge in [0.15, 0.2) is 0 Å². The number of phenolic OH excluding ortho intramolecular Hbond substituents is 1. The molecule has 1 atom stereocenters. The molecule has 0 spiro atoms. The third-order valence-electron chi connectivity index (χ3n) is 3.63. The molecule has 2 aromatic carbocycles. The summed E-state index contributed by atoms with van der Waals surface area (Å²) in [5, 5.41) is 9.95. The van der Waals surface area contributed by atoms with Crippen molar-refractivity contribution in [2.24, 2.45) is 4.99 Å². The Hall–Kier alpha value is -2.09. The second-order valence-electron chi connectivity index (χ2n) is 5.36. The minimum Gasteiger partial charge on any atom is -0.507 e. The summed E-state index contributed by atoms with van der Waals surface area (Å²) in [6.45, 7) is 4.24. The number of unbranched alkanes of at least 4 members (excludes halogenated alkanes) is 1. The van der Waals surface area contributed by atoms with E-state index in [2.05, 4.69) is 31.0 Å². The van der Waals surface area contributed by atoms with Crippen molar-refractivity contribution in [2.75, 3.05) is 0 Å². The first kappa shape index (κ1) is 15.3. The van der Waals surface area contributed by atoms with Crippen molar-refractivity contribution in [1.82, 2.24) is 0 Å². The summed E-state index contributed by atoms with van der Waals surface area (Å²) < 4.78 is 0. The molecule has 0 radical (unpaired) electrons. The van der Waals surface area contributed by atoms with E-state index in [1.807, 2.05) is 30.3 Å². The molecule has 0 aliphatic carbocycles. The van der Waals surface area contributed by atoms with Gasteiger partial charge in [-0.3, -0.25) is 4.99 Å². The van der Waals surface area contributed by atoms with E-state index >= 15 is 0 Å². The maximum Gasteiger partial charge on any atom is 0.124 e. The Morgan fingerprint density at radius 3 is 2.62 bits per heavy atom. The summed E-state index contributed by atoms with van der Waals surface area (Å²) in [4.78, 5) is 4.56. The molecular weight excluding hydrogens is 258 g/mol. The van der Waals surface area contributed by atoms with Gasteiger partial charge in [0.1, 0.15) is 5.75 Å². The maximum absolute atomic E-state index is 9.95. The minimum atomic E-state index is 0.0879. The predicted octanol–water partition coefficient (Wildman–Crippen LogP) is 4.91. The Balaban J connectivity index is 2.12. The highest BCUT2D eigenvalue weighted by atomic mass is 16.3. The molecule has 2 rings (SSSR count). The van der Waals surface area contributed by atoms with Crippen molar-refractivity contribution in [3.8, 4) is 5.75 Å². The molecule has 2 aromatic rings. The van der Waals surface area contributed by atoms with Crippen molar-refractivity contribution in [3.05, 3.63) is 65.2 Å². The van der Waals surface area contributed by atoms with Gasteiger partial charge in [0.05, 0.1) is 6.04 Å². The Labute approximate surface area is 127 Å². The first-order valence-corrected chi connectivity index (χ1v) is 7.60. The van der Waals surface area contributed by atoms with Crippen LogP contribution >= 0.6 is 0 Å². The van der Waals surface area contributed by atoms with Crippen LogP contribution in [0.2, 0.25) is 0 Å². The van der Waals surface area contributed by atoms with Gasteiger partial charge in [-0.1, -0.05) is 49.7 Å². The van der Waals surface area contributed by atoms with E-state index in [9.17, 15) is 5.11 Å². The molecule has 2 nitrogen and oxygen atoms in total. The van der Waals surface area contributed by atoms with Gasteiger partial charge >= 0.3 is 0 Å². The van der Waals surface area contributed by atoms with Crippen LogP contribution in [-0.2, 0) is 6.42 Å². The lowest BCUT2D eigenvalue weighted by molar-refractivity contribution is 0.474. The number of hydrogen-bond donors (Lipinski definition) is 1. The first-order chi connectivity index (χ1) is 10.2. The smallest absolute Gasteiger partial charge is 0.124 e. The molecule has 1 unspecified atom stereocenters. The zero-order valence-corrected chi connectivity index (χ0v) is 12.8. The van der Waals surface area contributed by atoms with Gasteiger partial charge in [-0.15, -0.1) is 0 Å². The van der Waals surface area contributed by atoms with Crippen molar-refractivity contribution >= 4 is 6.21 Å². The van der Waals surface area contributed by atoms with Crippen LogP contribution in [0.1, 0.15) is 49.4 Å². The Kier molecular flexibility index (Phi) is 5.56. The van der Waals surface area contributed by atoms with Crippen molar-refractivity contribution in [2.45, 2.75) is 39.2 Å². The monoisotopic (exact) mass is 281 g/mol. The molecule has 0 aromatic heterocycles. The Morgan fingerprint density at radius 2 is 1.90 bits per heavy atom. The molecule has 0 aliphatic rings. The fraction of sp³-hybridized carbons (Fsp3) is 0.316. The van der Waals surface area contributed by atoms with Crippen LogP contribution in [0.4, 0.5) is 0 Å². The summed E-state index contributed by atoms with van der Waals surface area (Å²) in [6, 6.07) is 16.1. The van der Waals surface area contributed by atoms with Crippen molar-refractivity contribution < 1.29 is 5.11 Å². The highest BCUT2D eigenvalue weighted by Gasteiger charge is 2.03. The largest absolute Gasteiger partial charge is 0.507 e. The third kappa shape index (κ3) is 4.45. The normalized spacial score (nSPS) is 12.7. The fourth-order valence-corrected chi connectivity index (χ4v) is 2.25. The van der Waals surface area contributed by atoms with Crippen LogP contribution in [0, 0.1) is 0 Å². The van der Waals surface area contributed by atoms with Crippen molar-refractivity contribution in [3.63, 3.8) is 0 Å². The summed E-state index contributed by atoms with van der Waals surface area (Å²) in [6.07, 6.45) is 5.17. The molecule has 2 heteroatoms. The number of aliphatic imine (C=N–C) groups is 1. The van der Waals surface area contributed by atoms with E-state index in [1.54, 1.807) is 12.3 Å². The molecule has 21 heavy (non-hydrogen) atoms. The summed E-state index contributed by atoms with van der Waals surface area (Å²) in [5.41, 5.74) is 3.23. The quantitative estimate of drug-likeness (QED) is 0.749. The lowest BCUT2D eigenvalue weighted by Gasteiger charge is -2.07. The highest BCUT2D eigenvalue weighted by molar-refractivity contribution is 5.83. The average Bonchev–Trinajstić information content (AvgIpc) is 2.53. The third-order valence-corrected chi connectivity index (χ3v) is 3.63. The minimum absolute atomic E-state index is 0.0879. The van der Waals surface area contributed by atoms with E-state index < -0.39 is 0 Å². The molecule has 0 fully saturated rings. The number of aromatic hydroxyl groups is 1. The molecular formula is C19H23NO. The Bertz CT molecular complexity index is 590. The van der Waals surface area contributed by atoms with Gasteiger partial charge in [0.2, 0.25) is 0 Å². The lowest BCUT2D eigenvalue weighted by Crippen LogP contribution is -1.93. The number of nitrogens with zero attached hydrogens (tertiary/aromatic N) is 1. The molecule has 0 aliphatic heterocycles. The second kappa shape index (κ2) is 7.63. The Morgan fingerprint density at radius 1 is 1.14 bits per heavy atom. The molecule has 0 amide bonds. The molecule has 0 saturated carbocycles. The van der Waals surface area contributed by atoms with E-state index in [4.69, 9.17) is 0 Å². The van der Waals surface area contributed by atoms with Gasteiger partial charge in [-0.05, 0) is 43.0 Å². The summed E-state index contributed by atoms with van der Waals surface area (Å²) in [7, 11) is 0. The van der Waals surface area contributed by atoms with Crippen LogP contribution in [0.3, 0.4) is 0 Å². The summed E-state index contributed by atoms with van der Waals surface area (Å²) in [5.74, 6) is 0.291. The lowest BCUT2D eigenvalue weighted by atomic mass is 10.0. The topological polar surface area (TPSA) is 32.6 Å². The van der Waals surface area contributed by atoms with Gasteiger partial charge in [0.25, 0.3) is 0 Å². The number of phenols is 1. The summed E-state index contributed by atoms with van der Waals surface area (Å²) >= 11 is 0. The zero-order valence-electron chi connectivity index (χ0n) is 12.8. The van der Waals surface area contributed by atoms with Gasteiger partial charge in [-0.25, -0.2) is 0 Å². The van der Waals surface area contributed by atoms with E-state index in [0.29, 0.717) is 5.75 Å². The molecule has 0 heterocycles. The molecule has 110 valence electrons. The SMILES string of the molecule is CCCCc1ccc(O)c(C=NC(C)c2ccccc2)c1. The number of rotatable bonds is 6. The second-order valence-corrected chi connectivity index (χ2v) is 5.36. The van der Waals surface area contributed by atoms with Gasteiger partial charge in [0, 0.05) is 11.8 Å². The fourth-order valence-electron chi connectivity index (χ4n) is 2.25. The maximum atomic E-state index is 9.95. The standard InChI is InChI=1S/C19H23NO/c1-3-4-8-16-11-12-19(21)18(13-16)14-20-15(2)17-9-6-5-7-10-17/h5-7,9-15,21H,3-4,8H2,1-2H3. The van der Waals surface area contributed by atoms with Gasteiger partial charge < -0.3 is 5.11 Å². The molecule has 0 saturated heterocycles. The molecule has 0 bridgehead atoms. The number of hydrogen-bond acceptors (Lipinski definition) is 2. The van der Waals surface area contributed by atoms with Crippen LogP contribution in [0.25, 0.3) is 0 Å².